The van der Waals surface area contributed by atoms with Crippen LogP contribution < -0.4 is 10.6 Å². The summed E-state index contributed by atoms with van der Waals surface area (Å²) >= 11 is 0. The molecule has 8 heteroatoms. The van der Waals surface area contributed by atoms with Crippen LogP contribution in [-0.2, 0) is 0 Å². The molecule has 0 aliphatic heterocycles. The number of pyridine rings is 1. The number of amides is 3. The summed E-state index contributed by atoms with van der Waals surface area (Å²) in [6.45, 7) is 6.66. The van der Waals surface area contributed by atoms with Crippen LogP contribution >= 0.6 is 0 Å². The Morgan fingerprint density at radius 3 is 2.12 bits per heavy atom. The van der Waals surface area contributed by atoms with E-state index in [2.05, 4.69) is 29.5 Å². The molecule has 1 unspecified atom stereocenters. The van der Waals surface area contributed by atoms with Crippen LogP contribution in [0.4, 0.5) is 5.69 Å². The number of aromatic nitrogens is 1. The molecule has 0 spiro atoms. The maximum absolute atomic E-state index is 13.3. The van der Waals surface area contributed by atoms with Crippen LogP contribution in [0.2, 0.25) is 0 Å². The molecule has 8 nitrogen and oxygen atoms in total. The van der Waals surface area contributed by atoms with Crippen LogP contribution in [0.5, 0.6) is 5.75 Å². The Hall–Kier alpha value is -3.42. The number of benzene rings is 1. The quantitative estimate of drug-likeness (QED) is 0.131. The predicted molar refractivity (Wildman–Crippen MR) is 166 cm³/mol. The number of hydrogen-bond acceptors (Lipinski definition) is 5. The van der Waals surface area contributed by atoms with Gasteiger partial charge in [0.1, 0.15) is 11.4 Å². The molecule has 0 fully saturated rings. The molecule has 3 amide bonds. The minimum Gasteiger partial charge on any atom is -0.507 e. The molecule has 0 aliphatic carbocycles. The van der Waals surface area contributed by atoms with Crippen LogP contribution in [0.25, 0.3) is 0 Å². The molecule has 1 aromatic heterocycles. The highest BCUT2D eigenvalue weighted by atomic mass is 16.3. The first-order valence-corrected chi connectivity index (χ1v) is 15.3. The molecule has 0 radical (unpaired) electrons. The fourth-order valence-corrected chi connectivity index (χ4v) is 4.97. The zero-order chi connectivity index (χ0) is 30.2. The molecule has 2 rings (SSSR count). The normalized spacial score (nSPS) is 11.6. The lowest BCUT2D eigenvalue weighted by Crippen LogP contribution is -2.31. The number of carbonyl (C=O) groups is 3. The summed E-state index contributed by atoms with van der Waals surface area (Å²) < 4.78 is 0. The fraction of sp³-hybridized carbons (Fsp3) is 0.576. The highest BCUT2D eigenvalue weighted by molar-refractivity contribution is 6.11. The Morgan fingerprint density at radius 1 is 0.878 bits per heavy atom. The first-order chi connectivity index (χ1) is 19.7. The van der Waals surface area contributed by atoms with Crippen LogP contribution in [0.1, 0.15) is 128 Å². The lowest BCUT2D eigenvalue weighted by molar-refractivity contribution is 0.0823. The molecule has 1 atom stereocenters. The summed E-state index contributed by atoms with van der Waals surface area (Å²) in [5.74, 6) is -0.999. The van der Waals surface area contributed by atoms with E-state index in [0.29, 0.717) is 23.7 Å². The second-order valence-corrected chi connectivity index (χ2v) is 11.2. The average molecular weight is 567 g/mol. The molecule has 0 bridgehead atoms. The molecule has 41 heavy (non-hydrogen) atoms. The minimum absolute atomic E-state index is 0.00614. The van der Waals surface area contributed by atoms with Crippen LogP contribution in [-0.4, -0.2) is 53.4 Å². The van der Waals surface area contributed by atoms with Gasteiger partial charge < -0.3 is 20.6 Å². The molecule has 226 valence electrons. The monoisotopic (exact) mass is 566 g/mol. The van der Waals surface area contributed by atoms with E-state index < -0.39 is 5.91 Å². The van der Waals surface area contributed by atoms with Crippen molar-refractivity contribution in [2.24, 2.45) is 5.92 Å². The second-order valence-electron chi connectivity index (χ2n) is 11.2. The van der Waals surface area contributed by atoms with E-state index in [0.717, 1.165) is 19.3 Å². The van der Waals surface area contributed by atoms with Crippen molar-refractivity contribution in [3.05, 3.63) is 52.8 Å². The number of nitrogens with zero attached hydrogens (tertiary/aromatic N) is 2. The number of nitrogens with one attached hydrogen (secondary N) is 2. The maximum Gasteiger partial charge on any atom is 0.275 e. The van der Waals surface area contributed by atoms with Gasteiger partial charge in [-0.1, -0.05) is 78.1 Å². The smallest absolute Gasteiger partial charge is 0.275 e. The van der Waals surface area contributed by atoms with Crippen LogP contribution in [0.15, 0.2) is 30.5 Å². The lowest BCUT2D eigenvalue weighted by atomic mass is 9.94. The maximum atomic E-state index is 13.3. The van der Waals surface area contributed by atoms with Crippen molar-refractivity contribution in [1.29, 1.82) is 0 Å². The summed E-state index contributed by atoms with van der Waals surface area (Å²) in [6, 6.07) is 6.25. The summed E-state index contributed by atoms with van der Waals surface area (Å²) in [5.41, 5.74) is 1.07. The molecule has 0 saturated carbocycles. The summed E-state index contributed by atoms with van der Waals surface area (Å²) in [5, 5.41) is 16.2. The zero-order valence-electron chi connectivity index (χ0n) is 25.7. The van der Waals surface area contributed by atoms with Gasteiger partial charge in [0.15, 0.2) is 0 Å². The Balaban J connectivity index is 2.09. The van der Waals surface area contributed by atoms with Gasteiger partial charge in [0.2, 0.25) is 0 Å². The standard InChI is InChI=1S/C33H50N4O4/c1-6-8-10-12-13-15-18-25(17-14-11-9-7-2)23-35-31(39)27-19-16-20-34-29(27)32(40)36-26-21-24(3)30(38)28(22-26)33(41)37(4)5/h16,19-22,25,38H,6-15,17-18,23H2,1-5H3,(H,35,39)(H,36,40). The van der Waals surface area contributed by atoms with Crippen molar-refractivity contribution in [2.45, 2.75) is 97.8 Å². The van der Waals surface area contributed by atoms with Gasteiger partial charge in [-0.15, -0.1) is 0 Å². The first-order valence-electron chi connectivity index (χ1n) is 15.3. The van der Waals surface area contributed by atoms with Crippen LogP contribution in [0.3, 0.4) is 0 Å². The molecular weight excluding hydrogens is 516 g/mol. The van der Waals surface area contributed by atoms with E-state index >= 15 is 0 Å². The average Bonchev–Trinajstić information content (AvgIpc) is 2.96. The predicted octanol–water partition coefficient (Wildman–Crippen LogP) is 7.12. The number of unbranched alkanes of at least 4 members (excludes halogenated alkanes) is 8. The van der Waals surface area contributed by atoms with Crippen molar-refractivity contribution >= 4 is 23.4 Å². The van der Waals surface area contributed by atoms with Gasteiger partial charge in [-0.05, 0) is 55.5 Å². The third-order valence-electron chi connectivity index (χ3n) is 7.45. The topological polar surface area (TPSA) is 112 Å². The lowest BCUT2D eigenvalue weighted by Gasteiger charge is -2.18. The molecule has 0 aliphatic rings. The highest BCUT2D eigenvalue weighted by Crippen LogP contribution is 2.28. The first kappa shape index (κ1) is 33.8. The summed E-state index contributed by atoms with van der Waals surface area (Å²) in [4.78, 5) is 44.5. The van der Waals surface area contributed by atoms with Crippen molar-refractivity contribution in [1.82, 2.24) is 15.2 Å². The van der Waals surface area contributed by atoms with E-state index in [4.69, 9.17) is 0 Å². The molecule has 2 aromatic rings. The number of rotatable bonds is 18. The molecule has 0 saturated heterocycles. The Labute approximate surface area is 246 Å². The number of anilines is 1. The van der Waals surface area contributed by atoms with E-state index in [-0.39, 0.29) is 34.4 Å². The number of phenols is 1. The van der Waals surface area contributed by atoms with E-state index in [1.807, 2.05) is 0 Å². The largest absolute Gasteiger partial charge is 0.507 e. The van der Waals surface area contributed by atoms with Gasteiger partial charge in [0.05, 0.1) is 11.1 Å². The van der Waals surface area contributed by atoms with Gasteiger partial charge >= 0.3 is 0 Å². The van der Waals surface area contributed by atoms with Gasteiger partial charge in [0.25, 0.3) is 17.7 Å². The van der Waals surface area contributed by atoms with Gasteiger partial charge in [-0.3, -0.25) is 19.4 Å². The fourth-order valence-electron chi connectivity index (χ4n) is 4.97. The van der Waals surface area contributed by atoms with E-state index in [9.17, 15) is 19.5 Å². The Bertz CT molecular complexity index is 1130. The van der Waals surface area contributed by atoms with E-state index in [1.54, 1.807) is 39.2 Å². The van der Waals surface area contributed by atoms with Crippen molar-refractivity contribution < 1.29 is 19.5 Å². The summed E-state index contributed by atoms with van der Waals surface area (Å²) in [6.07, 6.45) is 15.9. The third kappa shape index (κ3) is 11.2. The summed E-state index contributed by atoms with van der Waals surface area (Å²) in [7, 11) is 3.18. The van der Waals surface area contributed by atoms with Gasteiger partial charge in [0, 0.05) is 32.5 Å². The highest BCUT2D eigenvalue weighted by Gasteiger charge is 2.22. The SMILES string of the molecule is CCCCCCCCC(CCCCCC)CNC(=O)c1cccnc1C(=O)Nc1cc(C)c(O)c(C(=O)N(C)C)c1. The Kier molecular flexibility index (Phi) is 14.9. The number of aromatic hydroxyl groups is 1. The van der Waals surface area contributed by atoms with E-state index in [1.165, 1.54) is 75.0 Å². The number of hydrogen-bond donors (Lipinski definition) is 3. The van der Waals surface area contributed by atoms with Crippen LogP contribution in [0, 0.1) is 12.8 Å². The zero-order valence-corrected chi connectivity index (χ0v) is 25.7. The molecular formula is C33H50N4O4. The molecule has 1 heterocycles. The number of aryl methyl sites for hydroxylation is 1. The van der Waals surface area contributed by atoms with Crippen molar-refractivity contribution in [2.75, 3.05) is 26.0 Å². The molecule has 1 aromatic carbocycles. The third-order valence-corrected chi connectivity index (χ3v) is 7.45. The second kappa shape index (κ2) is 18.1. The number of phenolic OH excluding ortho intramolecular Hbond substituents is 1. The van der Waals surface area contributed by atoms with Crippen molar-refractivity contribution in [3.63, 3.8) is 0 Å². The molecule has 3 N–H and O–H groups in total. The minimum atomic E-state index is -0.563. The Morgan fingerprint density at radius 2 is 1.49 bits per heavy atom. The van der Waals surface area contributed by atoms with Gasteiger partial charge in [-0.2, -0.15) is 0 Å². The van der Waals surface area contributed by atoms with Gasteiger partial charge in [-0.25, -0.2) is 0 Å². The number of carbonyl (C=O) groups excluding carboxylic acids is 3. The van der Waals surface area contributed by atoms with Crippen molar-refractivity contribution in [3.8, 4) is 5.75 Å².